The normalized spacial score (nSPS) is 24.3. The topological polar surface area (TPSA) is 6.48 Å². The molecule has 0 unspecified atom stereocenters. The van der Waals surface area contributed by atoms with Gasteiger partial charge in [-0.2, -0.15) is 0 Å². The summed E-state index contributed by atoms with van der Waals surface area (Å²) in [5, 5.41) is 0. The quantitative estimate of drug-likeness (QED) is 0.746. The number of hydrogen-bond donors (Lipinski definition) is 0. The number of unbranched alkanes of at least 4 members (excludes halogenated alkanes) is 1. The van der Waals surface area contributed by atoms with Crippen LogP contribution in [0.2, 0.25) is 0 Å². The summed E-state index contributed by atoms with van der Waals surface area (Å²) in [7, 11) is 2.29. The van der Waals surface area contributed by atoms with Crippen LogP contribution in [0.15, 0.2) is 0 Å². The first kappa shape index (κ1) is 17.0. The summed E-state index contributed by atoms with van der Waals surface area (Å²) < 4.78 is 0. The molecule has 0 bridgehead atoms. The van der Waals surface area contributed by atoms with Crippen LogP contribution in [0.3, 0.4) is 0 Å². The lowest BCUT2D eigenvalue weighted by Gasteiger charge is -2.47. The van der Waals surface area contributed by atoms with Crippen LogP contribution >= 0.6 is 0 Å². The summed E-state index contributed by atoms with van der Waals surface area (Å²) in [4.78, 5) is 5.17. The third-order valence-corrected chi connectivity index (χ3v) is 4.94. The zero-order valence-corrected chi connectivity index (χ0v) is 14.0. The van der Waals surface area contributed by atoms with E-state index in [0.717, 1.165) is 6.04 Å². The molecule has 0 saturated carbocycles. The van der Waals surface area contributed by atoms with E-state index in [1.165, 1.54) is 64.7 Å². The fraction of sp³-hybridized carbons (Fsp3) is 1.00. The van der Waals surface area contributed by atoms with Gasteiger partial charge in [-0.1, -0.05) is 26.7 Å². The molecule has 0 aromatic carbocycles. The highest BCUT2D eigenvalue weighted by molar-refractivity contribution is 4.91. The zero-order chi connectivity index (χ0) is 14.3. The lowest BCUT2D eigenvalue weighted by molar-refractivity contribution is 0.0243. The van der Waals surface area contributed by atoms with Gasteiger partial charge in [0, 0.05) is 12.6 Å². The second kappa shape index (κ2) is 8.26. The molecule has 19 heavy (non-hydrogen) atoms. The molecular weight excluding hydrogens is 232 g/mol. The first-order valence-electron chi connectivity index (χ1n) is 8.45. The molecule has 2 aliphatic rings. The highest BCUT2D eigenvalue weighted by Gasteiger charge is 2.37. The summed E-state index contributed by atoms with van der Waals surface area (Å²) in [5.41, 5.74) is 0.679. The third-order valence-electron chi connectivity index (χ3n) is 4.94. The molecule has 114 valence electrons. The maximum atomic E-state index is 2.64. The molecular formula is C17H36N2. The van der Waals surface area contributed by atoms with Gasteiger partial charge < -0.3 is 9.80 Å². The van der Waals surface area contributed by atoms with Crippen molar-refractivity contribution in [2.45, 2.75) is 72.3 Å². The van der Waals surface area contributed by atoms with Crippen LogP contribution in [0.1, 0.15) is 66.2 Å². The van der Waals surface area contributed by atoms with Gasteiger partial charge in [0.25, 0.3) is 0 Å². The van der Waals surface area contributed by atoms with Crippen molar-refractivity contribution in [3.63, 3.8) is 0 Å². The number of rotatable bonds is 2. The highest BCUT2D eigenvalue weighted by atomic mass is 15.2. The Morgan fingerprint density at radius 2 is 1.53 bits per heavy atom. The second-order valence-electron chi connectivity index (χ2n) is 6.97. The predicted molar refractivity (Wildman–Crippen MR) is 85.7 cm³/mol. The fourth-order valence-corrected chi connectivity index (χ4v) is 3.38. The van der Waals surface area contributed by atoms with E-state index in [1.807, 2.05) is 0 Å². The SMILES string of the molecule is CC(C)N1CCC2(CCCN(C)C2)CC1.CCCC. The summed E-state index contributed by atoms with van der Waals surface area (Å²) in [5.74, 6) is 0. The Morgan fingerprint density at radius 3 is 1.95 bits per heavy atom. The highest BCUT2D eigenvalue weighted by Crippen LogP contribution is 2.39. The molecule has 0 radical (unpaired) electrons. The molecule has 2 rings (SSSR count). The molecule has 2 nitrogen and oxygen atoms in total. The first-order valence-corrected chi connectivity index (χ1v) is 8.45. The monoisotopic (exact) mass is 268 g/mol. The van der Waals surface area contributed by atoms with Crippen LogP contribution in [-0.4, -0.2) is 49.1 Å². The molecule has 2 fully saturated rings. The minimum atomic E-state index is 0.679. The number of piperidine rings is 2. The lowest BCUT2D eigenvalue weighted by Crippen LogP contribution is -2.49. The van der Waals surface area contributed by atoms with E-state index in [4.69, 9.17) is 0 Å². The van der Waals surface area contributed by atoms with E-state index in [1.54, 1.807) is 0 Å². The van der Waals surface area contributed by atoms with Crippen molar-refractivity contribution < 1.29 is 0 Å². The second-order valence-corrected chi connectivity index (χ2v) is 6.97. The third kappa shape index (κ3) is 5.43. The van der Waals surface area contributed by atoms with Crippen LogP contribution in [0.4, 0.5) is 0 Å². The molecule has 0 N–H and O–H groups in total. The van der Waals surface area contributed by atoms with Crippen molar-refractivity contribution in [2.75, 3.05) is 33.2 Å². The van der Waals surface area contributed by atoms with Crippen molar-refractivity contribution >= 4 is 0 Å². The van der Waals surface area contributed by atoms with E-state index >= 15 is 0 Å². The summed E-state index contributed by atoms with van der Waals surface area (Å²) in [6.07, 6.45) is 8.38. The predicted octanol–water partition coefficient (Wildman–Crippen LogP) is 4.01. The van der Waals surface area contributed by atoms with Crippen molar-refractivity contribution in [2.24, 2.45) is 5.41 Å². The molecule has 0 aromatic heterocycles. The van der Waals surface area contributed by atoms with Crippen LogP contribution in [0.5, 0.6) is 0 Å². The lowest BCUT2D eigenvalue weighted by atomic mass is 9.72. The van der Waals surface area contributed by atoms with Gasteiger partial charge in [0.05, 0.1) is 0 Å². The number of nitrogens with zero attached hydrogens (tertiary/aromatic N) is 2. The number of hydrogen-bond acceptors (Lipinski definition) is 2. The smallest absolute Gasteiger partial charge is 0.00385 e. The number of likely N-dealkylation sites (tertiary alicyclic amines) is 2. The summed E-state index contributed by atoms with van der Waals surface area (Å²) in [6, 6.07) is 0.740. The Kier molecular flexibility index (Phi) is 7.38. The minimum Gasteiger partial charge on any atom is -0.306 e. The van der Waals surface area contributed by atoms with Gasteiger partial charge in [0.1, 0.15) is 0 Å². The van der Waals surface area contributed by atoms with Crippen LogP contribution in [0.25, 0.3) is 0 Å². The molecule has 2 heteroatoms. The Bertz CT molecular complexity index is 227. The molecule has 2 saturated heterocycles. The summed E-state index contributed by atoms with van der Waals surface area (Å²) >= 11 is 0. The van der Waals surface area contributed by atoms with Gasteiger partial charge in [-0.3, -0.25) is 0 Å². The average Bonchev–Trinajstić information content (AvgIpc) is 2.39. The average molecular weight is 268 g/mol. The van der Waals surface area contributed by atoms with Gasteiger partial charge in [-0.05, 0) is 71.6 Å². The van der Waals surface area contributed by atoms with Gasteiger partial charge in [-0.15, -0.1) is 0 Å². The van der Waals surface area contributed by atoms with Crippen molar-refractivity contribution in [3.05, 3.63) is 0 Å². The van der Waals surface area contributed by atoms with Crippen LogP contribution in [-0.2, 0) is 0 Å². The van der Waals surface area contributed by atoms with Gasteiger partial charge in [-0.25, -0.2) is 0 Å². The van der Waals surface area contributed by atoms with Crippen molar-refractivity contribution in [3.8, 4) is 0 Å². The summed E-state index contributed by atoms with van der Waals surface area (Å²) in [6.45, 7) is 14.3. The molecule has 0 aliphatic carbocycles. The maximum absolute atomic E-state index is 2.64. The molecule has 0 aromatic rings. The van der Waals surface area contributed by atoms with E-state index in [2.05, 4.69) is 44.5 Å². The van der Waals surface area contributed by atoms with Gasteiger partial charge in [0.2, 0.25) is 0 Å². The molecule has 2 aliphatic heterocycles. The van der Waals surface area contributed by atoms with E-state index in [9.17, 15) is 0 Å². The fourth-order valence-electron chi connectivity index (χ4n) is 3.38. The standard InChI is InChI=1S/C13H26N2.C4H10/c1-12(2)15-9-6-13(7-10-15)5-4-8-14(3)11-13;1-3-4-2/h12H,4-11H2,1-3H3;3-4H2,1-2H3. The van der Waals surface area contributed by atoms with Crippen LogP contribution < -0.4 is 0 Å². The Balaban J connectivity index is 0.000000399. The maximum Gasteiger partial charge on any atom is 0.00385 e. The molecule has 2 heterocycles. The van der Waals surface area contributed by atoms with Crippen molar-refractivity contribution in [1.29, 1.82) is 0 Å². The van der Waals surface area contributed by atoms with Gasteiger partial charge in [0.15, 0.2) is 0 Å². The van der Waals surface area contributed by atoms with E-state index < -0.39 is 0 Å². The van der Waals surface area contributed by atoms with E-state index in [-0.39, 0.29) is 0 Å². The Hall–Kier alpha value is -0.0800. The molecule has 0 amide bonds. The van der Waals surface area contributed by atoms with Crippen molar-refractivity contribution in [1.82, 2.24) is 9.80 Å². The van der Waals surface area contributed by atoms with E-state index in [0.29, 0.717) is 5.41 Å². The molecule has 0 atom stereocenters. The van der Waals surface area contributed by atoms with Gasteiger partial charge >= 0.3 is 0 Å². The largest absolute Gasteiger partial charge is 0.306 e. The minimum absolute atomic E-state index is 0.679. The Morgan fingerprint density at radius 1 is 0.947 bits per heavy atom. The first-order chi connectivity index (χ1) is 9.03. The zero-order valence-electron chi connectivity index (χ0n) is 14.0. The molecule has 1 spiro atoms. The Labute approximate surface area is 121 Å². The van der Waals surface area contributed by atoms with Crippen LogP contribution in [0, 0.1) is 5.41 Å².